The number of hydrogen-bond acceptors (Lipinski definition) is 4. The van der Waals surface area contributed by atoms with Crippen molar-refractivity contribution in [2.45, 2.75) is 12.6 Å². The van der Waals surface area contributed by atoms with E-state index < -0.39 is 0 Å². The minimum absolute atomic E-state index is 0.0557. The van der Waals surface area contributed by atoms with Gasteiger partial charge in [-0.3, -0.25) is 14.7 Å². The standard InChI is InChI=1S/C23H19N3O2/c1-2-3-16-28-19-10-8-17(9-11-19)22-25-21-7-5-4-6-20(21)23(27)26(22)18-12-14-24-15-13-18/h1,4-15,22,25H,3,16H2/t22-/m1/s1. The first-order valence-electron chi connectivity index (χ1n) is 9.03. The van der Waals surface area contributed by atoms with E-state index in [9.17, 15) is 4.79 Å². The molecule has 3 aromatic rings. The van der Waals surface area contributed by atoms with Crippen LogP contribution in [0.15, 0.2) is 73.1 Å². The molecule has 0 radical (unpaired) electrons. The van der Waals surface area contributed by atoms with Gasteiger partial charge in [-0.25, -0.2) is 0 Å². The van der Waals surface area contributed by atoms with Crippen molar-refractivity contribution in [3.8, 4) is 18.1 Å². The molecule has 1 amide bonds. The maximum absolute atomic E-state index is 13.3. The zero-order chi connectivity index (χ0) is 19.3. The monoisotopic (exact) mass is 369 g/mol. The third kappa shape index (κ3) is 3.40. The van der Waals surface area contributed by atoms with Crippen LogP contribution in [0.3, 0.4) is 0 Å². The maximum atomic E-state index is 13.3. The average Bonchev–Trinajstić information content (AvgIpc) is 2.75. The van der Waals surface area contributed by atoms with Crippen LogP contribution in [-0.2, 0) is 0 Å². The number of pyridine rings is 1. The number of para-hydroxylation sites is 1. The van der Waals surface area contributed by atoms with E-state index in [1.165, 1.54) is 0 Å². The van der Waals surface area contributed by atoms with Crippen LogP contribution in [0.5, 0.6) is 5.75 Å². The third-order valence-corrected chi connectivity index (χ3v) is 4.58. The van der Waals surface area contributed by atoms with E-state index >= 15 is 0 Å². The number of terminal acetylenes is 1. The molecule has 1 aliphatic heterocycles. The summed E-state index contributed by atoms with van der Waals surface area (Å²) >= 11 is 0. The lowest BCUT2D eigenvalue weighted by molar-refractivity contribution is 0.0975. The molecule has 1 aliphatic rings. The lowest BCUT2D eigenvalue weighted by Crippen LogP contribution is -2.43. The van der Waals surface area contributed by atoms with Crippen molar-refractivity contribution < 1.29 is 9.53 Å². The lowest BCUT2D eigenvalue weighted by Gasteiger charge is -2.38. The molecule has 2 heterocycles. The third-order valence-electron chi connectivity index (χ3n) is 4.58. The first-order valence-corrected chi connectivity index (χ1v) is 9.03. The van der Waals surface area contributed by atoms with Crippen LogP contribution in [0.2, 0.25) is 0 Å². The molecule has 0 aliphatic carbocycles. The Kier molecular flexibility index (Phi) is 4.94. The van der Waals surface area contributed by atoms with E-state index in [2.05, 4.69) is 16.2 Å². The zero-order valence-corrected chi connectivity index (χ0v) is 15.2. The molecule has 5 heteroatoms. The van der Waals surface area contributed by atoms with Gasteiger partial charge < -0.3 is 10.1 Å². The number of amides is 1. The van der Waals surface area contributed by atoms with Crippen molar-refractivity contribution in [3.63, 3.8) is 0 Å². The van der Waals surface area contributed by atoms with Gasteiger partial charge in [0.2, 0.25) is 0 Å². The number of fused-ring (bicyclic) bond motifs is 1. The first-order chi connectivity index (χ1) is 13.8. The fourth-order valence-corrected chi connectivity index (χ4v) is 3.23. The molecule has 0 spiro atoms. The Morgan fingerprint density at radius 3 is 2.57 bits per heavy atom. The van der Waals surface area contributed by atoms with E-state index in [1.54, 1.807) is 17.3 Å². The Morgan fingerprint density at radius 2 is 1.82 bits per heavy atom. The average molecular weight is 369 g/mol. The van der Waals surface area contributed by atoms with E-state index in [0.717, 1.165) is 22.7 Å². The number of rotatable bonds is 5. The van der Waals surface area contributed by atoms with Gasteiger partial charge in [-0.05, 0) is 42.0 Å². The Balaban J connectivity index is 1.69. The SMILES string of the molecule is C#CCCOc1ccc([C@@H]2Nc3ccccc3C(=O)N2c2ccncc2)cc1. The van der Waals surface area contributed by atoms with Crippen molar-refractivity contribution in [2.75, 3.05) is 16.8 Å². The molecular weight excluding hydrogens is 350 g/mol. The van der Waals surface area contributed by atoms with Gasteiger partial charge >= 0.3 is 0 Å². The second kappa shape index (κ2) is 7.85. The van der Waals surface area contributed by atoms with Crippen molar-refractivity contribution in [3.05, 3.63) is 84.2 Å². The van der Waals surface area contributed by atoms with Crippen LogP contribution in [0.1, 0.15) is 28.5 Å². The molecule has 0 unspecified atom stereocenters. The second-order valence-corrected chi connectivity index (χ2v) is 6.34. The molecule has 138 valence electrons. The number of hydrogen-bond donors (Lipinski definition) is 1. The van der Waals surface area contributed by atoms with Crippen LogP contribution in [0.25, 0.3) is 0 Å². The number of aromatic nitrogens is 1. The number of ether oxygens (including phenoxy) is 1. The first kappa shape index (κ1) is 17.6. The Hall–Kier alpha value is -3.78. The highest BCUT2D eigenvalue weighted by Gasteiger charge is 2.33. The van der Waals surface area contributed by atoms with E-state index in [1.807, 2.05) is 60.7 Å². The molecule has 0 bridgehead atoms. The van der Waals surface area contributed by atoms with Gasteiger partial charge in [-0.2, -0.15) is 0 Å². The summed E-state index contributed by atoms with van der Waals surface area (Å²) in [6, 6.07) is 18.9. The zero-order valence-electron chi connectivity index (χ0n) is 15.2. The summed E-state index contributed by atoms with van der Waals surface area (Å²) in [6.45, 7) is 0.479. The Bertz CT molecular complexity index is 1010. The normalized spacial score (nSPS) is 15.3. The Labute approximate surface area is 164 Å². The highest BCUT2D eigenvalue weighted by atomic mass is 16.5. The quantitative estimate of drug-likeness (QED) is 0.539. The summed E-state index contributed by atoms with van der Waals surface area (Å²) < 4.78 is 5.63. The number of nitrogens with zero attached hydrogens (tertiary/aromatic N) is 2. The van der Waals surface area contributed by atoms with Gasteiger partial charge in [0.25, 0.3) is 5.91 Å². The summed E-state index contributed by atoms with van der Waals surface area (Å²) in [5, 5.41) is 3.48. The minimum Gasteiger partial charge on any atom is -0.493 e. The van der Waals surface area contributed by atoms with Crippen LogP contribution >= 0.6 is 0 Å². The fourth-order valence-electron chi connectivity index (χ4n) is 3.23. The molecule has 4 rings (SSSR count). The van der Waals surface area contributed by atoms with E-state index in [4.69, 9.17) is 11.2 Å². The number of carbonyl (C=O) groups is 1. The van der Waals surface area contributed by atoms with Gasteiger partial charge in [0, 0.05) is 30.2 Å². The summed E-state index contributed by atoms with van der Waals surface area (Å²) in [7, 11) is 0. The molecule has 0 fully saturated rings. The summed E-state index contributed by atoms with van der Waals surface area (Å²) in [6.07, 6.45) is 8.84. The van der Waals surface area contributed by atoms with Gasteiger partial charge in [0.15, 0.2) is 0 Å². The lowest BCUT2D eigenvalue weighted by atomic mass is 10.0. The van der Waals surface area contributed by atoms with E-state index in [-0.39, 0.29) is 12.1 Å². The highest BCUT2D eigenvalue weighted by molar-refractivity contribution is 6.12. The summed E-state index contributed by atoms with van der Waals surface area (Å²) in [5.41, 5.74) is 3.19. The number of carbonyl (C=O) groups excluding carboxylic acids is 1. The van der Waals surface area contributed by atoms with Crippen molar-refractivity contribution in [1.29, 1.82) is 0 Å². The molecule has 1 aromatic heterocycles. The van der Waals surface area contributed by atoms with Gasteiger partial charge in [-0.15, -0.1) is 12.3 Å². The molecule has 0 saturated carbocycles. The molecule has 28 heavy (non-hydrogen) atoms. The summed E-state index contributed by atoms with van der Waals surface area (Å²) in [5.74, 6) is 3.25. The molecule has 2 aromatic carbocycles. The molecule has 1 atom stereocenters. The molecule has 1 N–H and O–H groups in total. The number of anilines is 2. The van der Waals surface area contributed by atoms with Crippen LogP contribution in [0.4, 0.5) is 11.4 Å². The smallest absolute Gasteiger partial charge is 0.262 e. The van der Waals surface area contributed by atoms with Crippen molar-refractivity contribution >= 4 is 17.3 Å². The van der Waals surface area contributed by atoms with Crippen LogP contribution in [0, 0.1) is 12.3 Å². The molecule has 0 saturated heterocycles. The molecule has 5 nitrogen and oxygen atoms in total. The highest BCUT2D eigenvalue weighted by Crippen LogP contribution is 2.36. The summed E-state index contributed by atoms with van der Waals surface area (Å²) in [4.78, 5) is 19.1. The largest absolute Gasteiger partial charge is 0.493 e. The molecular formula is C23H19N3O2. The number of benzene rings is 2. The predicted molar refractivity (Wildman–Crippen MR) is 109 cm³/mol. The topological polar surface area (TPSA) is 54.5 Å². The van der Waals surface area contributed by atoms with Gasteiger partial charge in [-0.1, -0.05) is 24.3 Å². The second-order valence-electron chi connectivity index (χ2n) is 6.34. The maximum Gasteiger partial charge on any atom is 0.262 e. The van der Waals surface area contributed by atoms with Gasteiger partial charge in [0.1, 0.15) is 11.9 Å². The number of nitrogens with one attached hydrogen (secondary N) is 1. The van der Waals surface area contributed by atoms with E-state index in [0.29, 0.717) is 18.6 Å². The van der Waals surface area contributed by atoms with Crippen LogP contribution < -0.4 is 15.0 Å². The van der Waals surface area contributed by atoms with Crippen molar-refractivity contribution in [2.24, 2.45) is 0 Å². The Morgan fingerprint density at radius 1 is 1.07 bits per heavy atom. The van der Waals surface area contributed by atoms with Crippen molar-refractivity contribution in [1.82, 2.24) is 4.98 Å². The predicted octanol–water partition coefficient (Wildman–Crippen LogP) is 4.25. The fraction of sp³-hybridized carbons (Fsp3) is 0.130. The van der Waals surface area contributed by atoms with Gasteiger partial charge in [0.05, 0.1) is 12.2 Å². The minimum atomic E-state index is -0.343. The van der Waals surface area contributed by atoms with Crippen LogP contribution in [-0.4, -0.2) is 17.5 Å².